The first-order chi connectivity index (χ1) is 29.0. The molecule has 0 bridgehead atoms. The molecule has 0 fully saturated rings. The van der Waals surface area contributed by atoms with E-state index in [0.29, 0.717) is 54.4 Å². The molecule has 11 nitrogen and oxygen atoms in total. The van der Waals surface area contributed by atoms with Gasteiger partial charge in [0.15, 0.2) is 0 Å². The zero-order valence-electron chi connectivity index (χ0n) is 31.6. The van der Waals surface area contributed by atoms with E-state index in [0.717, 1.165) is 22.3 Å². The number of thiophene rings is 1. The number of hydrogen-bond donors (Lipinski definition) is 3. The van der Waals surface area contributed by atoms with E-state index in [4.69, 9.17) is 37.9 Å². The highest BCUT2D eigenvalue weighted by molar-refractivity contribution is 7.12. The summed E-state index contributed by atoms with van der Waals surface area (Å²) in [4.78, 5) is 55.8. The van der Waals surface area contributed by atoms with Crippen molar-refractivity contribution in [3.63, 3.8) is 0 Å². The quantitative estimate of drug-likeness (QED) is 0.117. The lowest BCUT2D eigenvalue weighted by Crippen LogP contribution is -2.55. The number of nitriles is 1. The molecule has 1 unspecified atom stereocenters. The fourth-order valence-electron chi connectivity index (χ4n) is 7.21. The van der Waals surface area contributed by atoms with Crippen molar-refractivity contribution >= 4 is 63.9 Å². The van der Waals surface area contributed by atoms with Crippen LogP contribution in [0.5, 0.6) is 11.5 Å². The maximum atomic E-state index is 14.1. The Morgan fingerprint density at radius 1 is 0.917 bits per heavy atom. The molecule has 60 heavy (non-hydrogen) atoms. The first-order valence-electron chi connectivity index (χ1n) is 18.8. The maximum absolute atomic E-state index is 14.1. The average molecular weight is 858 g/mol. The number of carbonyl (C=O) groups excluding carboxylic acids is 3. The second-order valence-corrected chi connectivity index (χ2v) is 16.1. The first kappa shape index (κ1) is 40.1. The first-order valence-corrected chi connectivity index (χ1v) is 20.4. The summed E-state index contributed by atoms with van der Waals surface area (Å²) >= 11 is 13.4. The van der Waals surface area contributed by atoms with Crippen LogP contribution < -0.4 is 20.1 Å². The minimum atomic E-state index is -1.28. The standard InChI is InChI=1S/C46H34Cl2N4O7S/c47-35-16-7-28(18-36(35)48)25-58-34-14-12-31(13-15-34)42-44(54)50-37-20-32-21-39(52(24-33(32)22-40(37)59-42)45(55)41-2-1-17-60-41)43(53)51-38(46(56)57)19-26-3-8-29(9-4-26)30-10-5-27(23-49)6-11-30/h1-18,20,22,38-39,42H,19,21,24-25H2,(H,50,54)(H,51,53)(H,56,57)/t38-,39-,42?/m0/s1. The summed E-state index contributed by atoms with van der Waals surface area (Å²) in [6.45, 7) is 0.305. The van der Waals surface area contributed by atoms with Crippen molar-refractivity contribution in [3.05, 3.63) is 169 Å². The third-order valence-corrected chi connectivity index (χ3v) is 12.0. The number of hydrogen-bond acceptors (Lipinski definition) is 8. The Kier molecular flexibility index (Phi) is 11.6. The number of nitrogens with zero attached hydrogens (tertiary/aromatic N) is 2. The largest absolute Gasteiger partial charge is 0.489 e. The minimum Gasteiger partial charge on any atom is -0.489 e. The number of amides is 3. The van der Waals surface area contributed by atoms with Gasteiger partial charge in [-0.25, -0.2) is 4.79 Å². The molecule has 3 heterocycles. The van der Waals surface area contributed by atoms with Gasteiger partial charge in [0.1, 0.15) is 30.2 Å². The highest BCUT2D eigenvalue weighted by Crippen LogP contribution is 2.40. The van der Waals surface area contributed by atoms with Crippen molar-refractivity contribution in [3.8, 4) is 28.7 Å². The Labute approximate surface area is 358 Å². The molecule has 5 aromatic carbocycles. The van der Waals surface area contributed by atoms with Gasteiger partial charge in [-0.2, -0.15) is 5.26 Å². The van der Waals surface area contributed by atoms with E-state index >= 15 is 0 Å². The smallest absolute Gasteiger partial charge is 0.326 e. The van der Waals surface area contributed by atoms with Crippen LogP contribution in [-0.2, 0) is 40.4 Å². The SMILES string of the molecule is N#Cc1ccc(-c2ccc(C[C@H](NC(=O)[C@@H]3Cc4cc5c(cc4CN3C(=O)c3cccs3)OC(c3ccc(OCc4ccc(Cl)c(Cl)c4)cc3)C(=O)N5)C(=O)O)cc2)cc1. The molecule has 2 aliphatic heterocycles. The van der Waals surface area contributed by atoms with Crippen LogP contribution in [0.4, 0.5) is 5.69 Å². The third-order valence-electron chi connectivity index (χ3n) is 10.4. The number of carbonyl (C=O) groups is 4. The van der Waals surface area contributed by atoms with E-state index in [1.807, 2.05) is 30.3 Å². The second kappa shape index (κ2) is 17.3. The van der Waals surface area contributed by atoms with Gasteiger partial charge in [0.2, 0.25) is 12.0 Å². The normalized spacial score (nSPS) is 15.9. The molecule has 14 heteroatoms. The van der Waals surface area contributed by atoms with Crippen LogP contribution in [-0.4, -0.2) is 45.8 Å². The number of fused-ring (bicyclic) bond motifs is 2. The fraction of sp³-hybridized carbons (Fsp3) is 0.152. The van der Waals surface area contributed by atoms with Crippen LogP contribution in [0.15, 0.2) is 121 Å². The molecule has 3 atom stereocenters. The van der Waals surface area contributed by atoms with Crippen LogP contribution in [0.1, 0.15) is 49.2 Å². The predicted molar refractivity (Wildman–Crippen MR) is 227 cm³/mol. The van der Waals surface area contributed by atoms with E-state index < -0.39 is 30.1 Å². The second-order valence-electron chi connectivity index (χ2n) is 14.3. The Balaban J connectivity index is 0.981. The predicted octanol–water partition coefficient (Wildman–Crippen LogP) is 8.62. The van der Waals surface area contributed by atoms with Crippen LogP contribution in [0.25, 0.3) is 11.1 Å². The van der Waals surface area contributed by atoms with Crippen molar-refractivity contribution in [1.82, 2.24) is 10.2 Å². The van der Waals surface area contributed by atoms with Gasteiger partial charge < -0.3 is 30.1 Å². The topological polar surface area (TPSA) is 158 Å². The molecule has 0 saturated heterocycles. The Morgan fingerprint density at radius 3 is 2.30 bits per heavy atom. The van der Waals surface area contributed by atoms with E-state index in [1.54, 1.807) is 90.3 Å². The highest BCUT2D eigenvalue weighted by Gasteiger charge is 2.39. The monoisotopic (exact) mass is 856 g/mol. The number of halogens is 2. The van der Waals surface area contributed by atoms with Gasteiger partial charge in [0, 0.05) is 24.9 Å². The van der Waals surface area contributed by atoms with Gasteiger partial charge in [-0.1, -0.05) is 83.9 Å². The Bertz CT molecular complexity index is 2650. The zero-order valence-corrected chi connectivity index (χ0v) is 33.9. The van der Waals surface area contributed by atoms with Gasteiger partial charge in [0.05, 0.1) is 32.2 Å². The van der Waals surface area contributed by atoms with Crippen molar-refractivity contribution in [2.75, 3.05) is 5.32 Å². The maximum Gasteiger partial charge on any atom is 0.326 e. The van der Waals surface area contributed by atoms with Gasteiger partial charge in [-0.15, -0.1) is 11.3 Å². The molecule has 0 saturated carbocycles. The molecule has 2 aliphatic rings. The van der Waals surface area contributed by atoms with Crippen molar-refractivity contribution in [2.24, 2.45) is 0 Å². The molecule has 0 aliphatic carbocycles. The summed E-state index contributed by atoms with van der Waals surface area (Å²) in [5, 5.41) is 27.6. The van der Waals surface area contributed by atoms with Crippen molar-refractivity contribution in [2.45, 2.75) is 44.2 Å². The molecular formula is C46H34Cl2N4O7S. The molecular weight excluding hydrogens is 823 g/mol. The van der Waals surface area contributed by atoms with E-state index in [9.17, 15) is 24.3 Å². The summed E-state index contributed by atoms with van der Waals surface area (Å²) in [6.07, 6.45) is -0.894. The number of benzene rings is 5. The van der Waals surface area contributed by atoms with Crippen LogP contribution in [0.2, 0.25) is 10.0 Å². The van der Waals surface area contributed by atoms with Gasteiger partial charge in [0.25, 0.3) is 11.8 Å². The molecule has 3 N–H and O–H groups in total. The molecule has 1 aromatic heterocycles. The van der Waals surface area contributed by atoms with Gasteiger partial charge in [-0.05, 0) is 93.4 Å². The summed E-state index contributed by atoms with van der Waals surface area (Å²) in [5.41, 5.74) is 6.31. The number of rotatable bonds is 11. The molecule has 0 spiro atoms. The zero-order chi connectivity index (χ0) is 41.9. The van der Waals surface area contributed by atoms with Crippen molar-refractivity contribution in [1.29, 1.82) is 5.26 Å². The van der Waals surface area contributed by atoms with E-state index in [1.165, 1.54) is 16.2 Å². The average Bonchev–Trinajstić information content (AvgIpc) is 3.81. The Morgan fingerprint density at radius 2 is 1.63 bits per heavy atom. The Hall–Kier alpha value is -6.65. The summed E-state index contributed by atoms with van der Waals surface area (Å²) in [5.74, 6) is -1.61. The van der Waals surface area contributed by atoms with Crippen LogP contribution >= 0.6 is 34.5 Å². The number of nitrogens with one attached hydrogen (secondary N) is 2. The molecule has 3 amide bonds. The highest BCUT2D eigenvalue weighted by atomic mass is 35.5. The molecule has 6 aromatic rings. The molecule has 8 rings (SSSR count). The summed E-state index contributed by atoms with van der Waals surface area (Å²) < 4.78 is 12.2. The number of carboxylic acids is 1. The van der Waals surface area contributed by atoms with Crippen molar-refractivity contribution < 1.29 is 33.8 Å². The van der Waals surface area contributed by atoms with E-state index in [2.05, 4.69) is 16.7 Å². The molecule has 0 radical (unpaired) electrons. The number of aliphatic carboxylic acids is 1. The fourth-order valence-corrected chi connectivity index (χ4v) is 8.21. The lowest BCUT2D eigenvalue weighted by atomic mass is 9.91. The third kappa shape index (κ3) is 8.70. The summed E-state index contributed by atoms with van der Waals surface area (Å²) in [7, 11) is 0. The van der Waals surface area contributed by atoms with Gasteiger partial charge in [-0.3, -0.25) is 14.4 Å². The number of anilines is 1. The number of carboxylic acid groups (broad SMARTS) is 1. The number of ether oxygens (including phenoxy) is 2. The van der Waals surface area contributed by atoms with Gasteiger partial charge >= 0.3 is 5.97 Å². The lowest BCUT2D eigenvalue weighted by molar-refractivity contribution is -0.142. The minimum absolute atomic E-state index is 0.00340. The van der Waals surface area contributed by atoms with Crippen LogP contribution in [0.3, 0.4) is 0 Å². The van der Waals surface area contributed by atoms with E-state index in [-0.39, 0.29) is 37.8 Å². The summed E-state index contributed by atoms with van der Waals surface area (Å²) in [6, 6.07) is 33.4. The van der Waals surface area contributed by atoms with Crippen LogP contribution in [0, 0.1) is 11.3 Å². The molecule has 300 valence electrons. The lowest BCUT2D eigenvalue weighted by Gasteiger charge is -2.37.